The molecule has 156 valence electrons. The van der Waals surface area contributed by atoms with E-state index in [1.165, 1.54) is 23.1 Å². The summed E-state index contributed by atoms with van der Waals surface area (Å²) in [5.74, 6) is -0.0287. The second-order valence-electron chi connectivity index (χ2n) is 6.58. The molecule has 4 rings (SSSR count). The maximum atomic E-state index is 12.6. The van der Waals surface area contributed by atoms with E-state index in [1.807, 2.05) is 41.8 Å². The van der Waals surface area contributed by atoms with E-state index in [4.69, 9.17) is 5.73 Å². The van der Waals surface area contributed by atoms with Gasteiger partial charge in [0.15, 0.2) is 5.16 Å². The van der Waals surface area contributed by atoms with Crippen LogP contribution in [0.25, 0.3) is 10.2 Å². The van der Waals surface area contributed by atoms with E-state index >= 15 is 0 Å². The van der Waals surface area contributed by atoms with Crippen LogP contribution in [0.15, 0.2) is 71.2 Å². The number of benzene rings is 2. The number of para-hydroxylation sites is 1. The predicted molar refractivity (Wildman–Crippen MR) is 125 cm³/mol. The highest BCUT2D eigenvalue weighted by molar-refractivity contribution is 7.99. The Labute approximate surface area is 187 Å². The van der Waals surface area contributed by atoms with Gasteiger partial charge in [0.2, 0.25) is 5.91 Å². The molecule has 31 heavy (non-hydrogen) atoms. The first kappa shape index (κ1) is 20.8. The van der Waals surface area contributed by atoms with Gasteiger partial charge in [-0.05, 0) is 29.1 Å². The predicted octanol–water partition coefficient (Wildman–Crippen LogP) is 3.93. The van der Waals surface area contributed by atoms with Gasteiger partial charge in [-0.1, -0.05) is 54.2 Å². The summed E-state index contributed by atoms with van der Waals surface area (Å²) in [6.45, 7) is 0.405. The average molecular weight is 450 g/mol. The zero-order valence-electron chi connectivity index (χ0n) is 16.4. The van der Waals surface area contributed by atoms with Crippen LogP contribution in [0.5, 0.6) is 0 Å². The van der Waals surface area contributed by atoms with Crippen molar-refractivity contribution in [1.82, 2.24) is 15.3 Å². The van der Waals surface area contributed by atoms with E-state index < -0.39 is 0 Å². The molecule has 0 aliphatic heterocycles. The molecular formula is C22H19N5O2S2. The van der Waals surface area contributed by atoms with Crippen molar-refractivity contribution in [3.05, 3.63) is 77.2 Å². The van der Waals surface area contributed by atoms with E-state index in [0.29, 0.717) is 28.8 Å². The molecular weight excluding hydrogens is 430 g/mol. The van der Waals surface area contributed by atoms with Crippen molar-refractivity contribution in [3.8, 4) is 0 Å². The van der Waals surface area contributed by atoms with E-state index in [2.05, 4.69) is 20.6 Å². The summed E-state index contributed by atoms with van der Waals surface area (Å²) in [4.78, 5) is 34.6. The van der Waals surface area contributed by atoms with Crippen LogP contribution in [0.4, 0.5) is 11.5 Å². The number of rotatable bonds is 7. The fourth-order valence-corrected chi connectivity index (χ4v) is 4.38. The average Bonchev–Trinajstić information content (AvgIpc) is 3.26. The van der Waals surface area contributed by atoms with Crippen molar-refractivity contribution in [2.45, 2.75) is 11.7 Å². The van der Waals surface area contributed by atoms with Crippen LogP contribution in [-0.2, 0) is 11.3 Å². The Bertz CT molecular complexity index is 1230. The summed E-state index contributed by atoms with van der Waals surface area (Å²) in [6, 6.07) is 18.4. The summed E-state index contributed by atoms with van der Waals surface area (Å²) < 4.78 is 0. The Morgan fingerprint density at radius 2 is 1.77 bits per heavy atom. The highest BCUT2D eigenvalue weighted by atomic mass is 32.2. The molecule has 7 nitrogen and oxygen atoms in total. The first-order valence-corrected chi connectivity index (χ1v) is 11.3. The molecule has 0 atom stereocenters. The van der Waals surface area contributed by atoms with Gasteiger partial charge in [-0.15, -0.1) is 11.3 Å². The summed E-state index contributed by atoms with van der Waals surface area (Å²) in [6.07, 6.45) is 0. The van der Waals surface area contributed by atoms with Gasteiger partial charge in [0.05, 0.1) is 22.4 Å². The normalized spacial score (nSPS) is 10.7. The fraction of sp³-hybridized carbons (Fsp3) is 0.0909. The zero-order valence-corrected chi connectivity index (χ0v) is 18.0. The van der Waals surface area contributed by atoms with Crippen molar-refractivity contribution >= 4 is 56.6 Å². The number of thiophene rings is 1. The Morgan fingerprint density at radius 1 is 1.00 bits per heavy atom. The van der Waals surface area contributed by atoms with Crippen LogP contribution in [0.1, 0.15) is 15.9 Å². The van der Waals surface area contributed by atoms with E-state index in [0.717, 1.165) is 15.8 Å². The lowest BCUT2D eigenvalue weighted by molar-refractivity contribution is -0.113. The number of aromatic nitrogens is 2. The zero-order chi connectivity index (χ0) is 21.6. The molecule has 0 saturated carbocycles. The minimum absolute atomic E-state index is 0.0935. The molecule has 0 aliphatic carbocycles. The Hall–Kier alpha value is -3.43. The number of thioether (sulfide) groups is 1. The molecule has 2 heterocycles. The number of anilines is 2. The summed E-state index contributed by atoms with van der Waals surface area (Å²) in [5.41, 5.74) is 7.80. The highest BCUT2D eigenvalue weighted by Crippen LogP contribution is 2.26. The lowest BCUT2D eigenvalue weighted by Crippen LogP contribution is -2.25. The largest absolute Gasteiger partial charge is 0.383 e. The molecule has 0 bridgehead atoms. The van der Waals surface area contributed by atoms with Crippen molar-refractivity contribution in [2.24, 2.45) is 0 Å². The summed E-state index contributed by atoms with van der Waals surface area (Å²) in [7, 11) is 0. The smallest absolute Gasteiger partial charge is 0.253 e. The van der Waals surface area contributed by atoms with Gasteiger partial charge in [0, 0.05) is 6.54 Å². The number of hydrogen-bond acceptors (Lipinski definition) is 7. The molecule has 9 heteroatoms. The van der Waals surface area contributed by atoms with Gasteiger partial charge >= 0.3 is 0 Å². The summed E-state index contributed by atoms with van der Waals surface area (Å²) >= 11 is 2.67. The SMILES string of the molecule is Nc1nc(SCC(=O)Nc2ccccc2C(=O)NCc2ccccc2)nc2sccc12. The van der Waals surface area contributed by atoms with Gasteiger partial charge < -0.3 is 16.4 Å². The minimum Gasteiger partial charge on any atom is -0.383 e. The van der Waals surface area contributed by atoms with Crippen LogP contribution in [0.2, 0.25) is 0 Å². The van der Waals surface area contributed by atoms with Gasteiger partial charge in [-0.25, -0.2) is 9.97 Å². The number of carbonyl (C=O) groups is 2. The van der Waals surface area contributed by atoms with Gasteiger partial charge in [-0.2, -0.15) is 0 Å². The first-order chi connectivity index (χ1) is 15.1. The number of fused-ring (bicyclic) bond motifs is 1. The number of nitrogens with one attached hydrogen (secondary N) is 2. The molecule has 0 aliphatic rings. The number of nitrogens with two attached hydrogens (primary N) is 1. The van der Waals surface area contributed by atoms with Crippen molar-refractivity contribution < 1.29 is 9.59 Å². The van der Waals surface area contributed by atoms with Crippen LogP contribution >= 0.6 is 23.1 Å². The molecule has 2 amide bonds. The van der Waals surface area contributed by atoms with Crippen LogP contribution in [0.3, 0.4) is 0 Å². The lowest BCUT2D eigenvalue weighted by atomic mass is 10.1. The maximum absolute atomic E-state index is 12.6. The van der Waals surface area contributed by atoms with E-state index in [1.54, 1.807) is 24.3 Å². The molecule has 0 spiro atoms. The molecule has 4 N–H and O–H groups in total. The Morgan fingerprint density at radius 3 is 2.61 bits per heavy atom. The molecule has 2 aromatic heterocycles. The minimum atomic E-state index is -0.262. The van der Waals surface area contributed by atoms with E-state index in [9.17, 15) is 9.59 Å². The quantitative estimate of drug-likeness (QED) is 0.291. The van der Waals surface area contributed by atoms with Gasteiger partial charge in [0.1, 0.15) is 10.6 Å². The molecule has 0 unspecified atom stereocenters. The maximum Gasteiger partial charge on any atom is 0.253 e. The number of hydrogen-bond donors (Lipinski definition) is 3. The molecule has 0 radical (unpaired) electrons. The van der Waals surface area contributed by atoms with Crippen molar-refractivity contribution in [2.75, 3.05) is 16.8 Å². The standard InChI is InChI=1S/C22H19N5O2S2/c23-19-16-10-11-30-21(16)27-22(26-19)31-13-18(28)25-17-9-5-4-8-15(17)20(29)24-12-14-6-2-1-3-7-14/h1-11H,12-13H2,(H,24,29)(H,25,28)(H2,23,26,27). The molecule has 4 aromatic rings. The van der Waals surface area contributed by atoms with E-state index in [-0.39, 0.29) is 17.6 Å². The van der Waals surface area contributed by atoms with Gasteiger partial charge in [0.25, 0.3) is 5.91 Å². The topological polar surface area (TPSA) is 110 Å². The number of amides is 2. The monoisotopic (exact) mass is 449 g/mol. The van der Waals surface area contributed by atoms with Crippen LogP contribution in [0, 0.1) is 0 Å². The third-order valence-corrected chi connectivity index (χ3v) is 6.06. The second kappa shape index (κ2) is 9.59. The molecule has 0 saturated heterocycles. The number of carbonyl (C=O) groups excluding carboxylic acids is 2. The van der Waals surface area contributed by atoms with Crippen LogP contribution < -0.4 is 16.4 Å². The van der Waals surface area contributed by atoms with Gasteiger partial charge in [-0.3, -0.25) is 9.59 Å². The van der Waals surface area contributed by atoms with Crippen molar-refractivity contribution in [1.29, 1.82) is 0 Å². The second-order valence-corrected chi connectivity index (χ2v) is 8.42. The lowest BCUT2D eigenvalue weighted by Gasteiger charge is -2.11. The first-order valence-electron chi connectivity index (χ1n) is 9.44. The third kappa shape index (κ3) is 5.19. The van der Waals surface area contributed by atoms with Crippen molar-refractivity contribution in [3.63, 3.8) is 0 Å². The fourth-order valence-electron chi connectivity index (χ4n) is 2.90. The molecule has 0 fully saturated rings. The number of nitrogen functional groups attached to an aromatic ring is 1. The Kier molecular flexibility index (Phi) is 6.44. The number of nitrogens with zero attached hydrogens (tertiary/aromatic N) is 2. The highest BCUT2D eigenvalue weighted by Gasteiger charge is 2.14. The molecule has 2 aromatic carbocycles. The third-order valence-electron chi connectivity index (χ3n) is 4.41. The Balaban J connectivity index is 1.38. The summed E-state index contributed by atoms with van der Waals surface area (Å²) in [5, 5.41) is 8.84. The van der Waals surface area contributed by atoms with Crippen LogP contribution in [-0.4, -0.2) is 27.5 Å².